The fourth-order valence-corrected chi connectivity index (χ4v) is 4.84. The number of anilines is 1. The predicted molar refractivity (Wildman–Crippen MR) is 172 cm³/mol. The number of carbonyl (C=O) groups excluding carboxylic acids is 2. The third-order valence-corrected chi connectivity index (χ3v) is 7.18. The summed E-state index contributed by atoms with van der Waals surface area (Å²) in [5.74, 6) is -0.381. The van der Waals surface area contributed by atoms with Crippen LogP contribution < -0.4 is 10.6 Å². The molecule has 0 spiro atoms. The Morgan fingerprint density at radius 2 is 1.82 bits per heavy atom. The van der Waals surface area contributed by atoms with Gasteiger partial charge >= 0.3 is 5.97 Å². The molecule has 0 bridgehead atoms. The molecule has 0 aliphatic heterocycles. The summed E-state index contributed by atoms with van der Waals surface area (Å²) in [4.78, 5) is 38.2. The Bertz CT molecular complexity index is 1720. The first-order chi connectivity index (χ1) is 21.0. The first-order valence-corrected chi connectivity index (χ1v) is 14.5. The van der Waals surface area contributed by atoms with E-state index in [2.05, 4.69) is 11.1 Å². The van der Waals surface area contributed by atoms with Gasteiger partial charge in [-0.25, -0.2) is 4.98 Å². The SMILES string of the molecule is CC(C)CC(N)C(=O)OC(C)n1cc(-c2cccc(C#N)c2)c2cc(-c3cncc(N(C)C(=O)/C=C/CN(C)C)c3)cnc21. The highest BCUT2D eigenvalue weighted by atomic mass is 16.6. The van der Waals surface area contributed by atoms with Crippen molar-refractivity contribution in [2.75, 3.05) is 32.6 Å². The normalized spacial score (nSPS) is 12.9. The van der Waals surface area contributed by atoms with Crippen LogP contribution in [0.25, 0.3) is 33.3 Å². The fraction of sp³-hybridized carbons (Fsp3) is 0.324. The number of likely N-dealkylation sites (N-methyl/N-ethyl adjacent to an activating group) is 2. The maximum absolute atomic E-state index is 12.8. The van der Waals surface area contributed by atoms with Gasteiger partial charge in [0.05, 0.1) is 23.5 Å². The van der Waals surface area contributed by atoms with Crippen LogP contribution in [0.2, 0.25) is 0 Å². The third-order valence-electron chi connectivity index (χ3n) is 7.18. The minimum absolute atomic E-state index is 0.159. The molecule has 0 saturated carbocycles. The van der Waals surface area contributed by atoms with Crippen LogP contribution >= 0.6 is 0 Å². The van der Waals surface area contributed by atoms with Gasteiger partial charge in [-0.3, -0.25) is 19.1 Å². The van der Waals surface area contributed by atoms with E-state index < -0.39 is 18.2 Å². The van der Waals surface area contributed by atoms with Crippen molar-refractivity contribution in [3.8, 4) is 28.3 Å². The van der Waals surface area contributed by atoms with Gasteiger partial charge in [-0.2, -0.15) is 5.26 Å². The molecule has 0 radical (unpaired) electrons. The van der Waals surface area contributed by atoms with Crippen molar-refractivity contribution < 1.29 is 14.3 Å². The molecule has 3 aromatic heterocycles. The summed E-state index contributed by atoms with van der Waals surface area (Å²) in [7, 11) is 5.58. The molecule has 4 aromatic rings. The number of hydrogen-bond acceptors (Lipinski definition) is 8. The highest BCUT2D eigenvalue weighted by Gasteiger charge is 2.23. The number of nitrogens with two attached hydrogens (primary N) is 1. The fourth-order valence-electron chi connectivity index (χ4n) is 4.84. The first-order valence-electron chi connectivity index (χ1n) is 14.5. The van der Waals surface area contributed by atoms with Crippen LogP contribution in [-0.4, -0.2) is 65.0 Å². The lowest BCUT2D eigenvalue weighted by Crippen LogP contribution is -2.34. The molecule has 10 heteroatoms. The van der Waals surface area contributed by atoms with E-state index in [1.54, 1.807) is 54.2 Å². The molecule has 4 rings (SSSR count). The molecule has 0 fully saturated rings. The number of nitrogens with zero attached hydrogens (tertiary/aromatic N) is 6. The van der Waals surface area contributed by atoms with Crippen molar-refractivity contribution in [3.63, 3.8) is 0 Å². The monoisotopic (exact) mass is 593 g/mol. The number of esters is 1. The Hall–Kier alpha value is -4.85. The van der Waals surface area contributed by atoms with Crippen LogP contribution in [-0.2, 0) is 14.3 Å². The lowest BCUT2D eigenvalue weighted by atomic mass is 10.0. The molecule has 0 saturated heterocycles. The van der Waals surface area contributed by atoms with Gasteiger partial charge in [0.1, 0.15) is 11.7 Å². The minimum atomic E-state index is -0.723. The Morgan fingerprint density at radius 1 is 1.07 bits per heavy atom. The summed E-state index contributed by atoms with van der Waals surface area (Å²) in [6, 6.07) is 12.7. The molecule has 44 heavy (non-hydrogen) atoms. The zero-order valence-corrected chi connectivity index (χ0v) is 26.1. The number of hydrogen-bond donors (Lipinski definition) is 1. The van der Waals surface area contributed by atoms with Crippen LogP contribution in [0.3, 0.4) is 0 Å². The Morgan fingerprint density at radius 3 is 2.52 bits per heavy atom. The van der Waals surface area contributed by atoms with Gasteiger partial charge in [-0.15, -0.1) is 0 Å². The number of nitriles is 1. The zero-order valence-electron chi connectivity index (χ0n) is 26.1. The van der Waals surface area contributed by atoms with Crippen LogP contribution in [0.1, 0.15) is 39.0 Å². The zero-order chi connectivity index (χ0) is 32.0. The average molecular weight is 594 g/mol. The number of fused-ring (bicyclic) bond motifs is 1. The molecule has 2 unspecified atom stereocenters. The number of carbonyl (C=O) groups is 2. The van der Waals surface area contributed by atoms with Gasteiger partial charge in [-0.1, -0.05) is 32.1 Å². The molecule has 2 atom stereocenters. The summed E-state index contributed by atoms with van der Waals surface area (Å²) in [5, 5.41) is 10.3. The third kappa shape index (κ3) is 7.56. The largest absolute Gasteiger partial charge is 0.440 e. The van der Waals surface area contributed by atoms with E-state index >= 15 is 0 Å². The van der Waals surface area contributed by atoms with Crippen molar-refractivity contribution in [1.29, 1.82) is 5.26 Å². The summed E-state index contributed by atoms with van der Waals surface area (Å²) >= 11 is 0. The smallest absolute Gasteiger partial charge is 0.324 e. The molecular formula is C34H39N7O3. The molecule has 228 valence electrons. The Labute approximate surface area is 258 Å². The van der Waals surface area contributed by atoms with Crippen molar-refractivity contribution in [2.45, 2.75) is 39.5 Å². The highest BCUT2D eigenvalue weighted by Crippen LogP contribution is 2.35. The van der Waals surface area contributed by atoms with Crippen molar-refractivity contribution in [3.05, 3.63) is 78.9 Å². The summed E-state index contributed by atoms with van der Waals surface area (Å²) in [6.07, 6.45) is 10.2. The van der Waals surface area contributed by atoms with Crippen molar-refractivity contribution in [2.24, 2.45) is 11.7 Å². The van der Waals surface area contributed by atoms with Gasteiger partial charge < -0.3 is 20.3 Å². The van der Waals surface area contributed by atoms with E-state index in [1.165, 1.54) is 0 Å². The second kappa shape index (κ2) is 14.1. The van der Waals surface area contributed by atoms with E-state index in [-0.39, 0.29) is 11.8 Å². The molecule has 0 aliphatic rings. The summed E-state index contributed by atoms with van der Waals surface area (Å²) in [5.41, 5.74) is 11.1. The number of amides is 1. The highest BCUT2D eigenvalue weighted by molar-refractivity contribution is 6.01. The number of benzene rings is 1. The predicted octanol–water partition coefficient (Wildman–Crippen LogP) is 5.15. The van der Waals surface area contributed by atoms with Crippen LogP contribution in [0, 0.1) is 17.2 Å². The molecule has 0 aliphatic carbocycles. The van der Waals surface area contributed by atoms with Gasteiger partial charge in [0.25, 0.3) is 0 Å². The van der Waals surface area contributed by atoms with Gasteiger partial charge in [0, 0.05) is 60.3 Å². The van der Waals surface area contributed by atoms with E-state index in [0.717, 1.165) is 27.6 Å². The maximum atomic E-state index is 12.8. The lowest BCUT2D eigenvalue weighted by Gasteiger charge is -2.19. The quantitative estimate of drug-likeness (QED) is 0.187. The number of aromatic nitrogens is 3. The number of ether oxygens (including phenoxy) is 1. The average Bonchev–Trinajstić information content (AvgIpc) is 3.39. The summed E-state index contributed by atoms with van der Waals surface area (Å²) < 4.78 is 7.57. The molecule has 1 amide bonds. The standard InChI is InChI=1S/C34H39N7O3/c1-22(2)13-31(36)34(43)44-23(3)41-21-30(25-10-7-9-24(14-25)17-35)29-16-27(19-38-33(29)41)26-15-28(20-37-18-26)40(6)32(42)11-8-12-39(4)5/h7-11,14-16,18-23,31H,12-13,36H2,1-6H3/b11-8+. The Kier molecular flexibility index (Phi) is 10.3. The van der Waals surface area contributed by atoms with E-state index in [4.69, 9.17) is 15.5 Å². The van der Waals surface area contributed by atoms with Crippen LogP contribution in [0.4, 0.5) is 5.69 Å². The molecule has 10 nitrogen and oxygen atoms in total. The van der Waals surface area contributed by atoms with Crippen molar-refractivity contribution in [1.82, 2.24) is 19.4 Å². The summed E-state index contributed by atoms with van der Waals surface area (Å²) in [6.45, 7) is 6.44. The van der Waals surface area contributed by atoms with E-state index in [9.17, 15) is 14.9 Å². The second-order valence-corrected chi connectivity index (χ2v) is 11.5. The van der Waals surface area contributed by atoms with E-state index in [1.807, 2.05) is 75.4 Å². The molecule has 3 heterocycles. The van der Waals surface area contributed by atoms with Gasteiger partial charge in [0.2, 0.25) is 5.91 Å². The minimum Gasteiger partial charge on any atom is -0.440 e. The lowest BCUT2D eigenvalue weighted by molar-refractivity contribution is -0.154. The first kappa shape index (κ1) is 32.1. The van der Waals surface area contributed by atoms with Gasteiger partial charge in [0.15, 0.2) is 6.23 Å². The topological polar surface area (TPSA) is 130 Å². The van der Waals surface area contributed by atoms with Gasteiger partial charge in [-0.05, 0) is 63.2 Å². The van der Waals surface area contributed by atoms with E-state index in [0.29, 0.717) is 29.9 Å². The van der Waals surface area contributed by atoms with Crippen molar-refractivity contribution >= 4 is 28.6 Å². The number of pyridine rings is 2. The van der Waals surface area contributed by atoms with Crippen LogP contribution in [0.15, 0.2) is 73.3 Å². The maximum Gasteiger partial charge on any atom is 0.324 e. The molecule has 2 N–H and O–H groups in total. The van der Waals surface area contributed by atoms with Crippen LogP contribution in [0.5, 0.6) is 0 Å². The molecular weight excluding hydrogens is 554 g/mol. The second-order valence-electron chi connectivity index (χ2n) is 11.5. The molecule has 1 aromatic carbocycles. The Balaban J connectivity index is 1.74. The number of rotatable bonds is 11.